The molecule has 1 aliphatic heterocycles. The number of hydrogen-bond acceptors (Lipinski definition) is 5. The van der Waals surface area contributed by atoms with Crippen LogP contribution in [0.4, 0.5) is 11.4 Å². The van der Waals surface area contributed by atoms with Crippen LogP contribution >= 0.6 is 12.4 Å². The van der Waals surface area contributed by atoms with E-state index in [-0.39, 0.29) is 43.1 Å². The minimum Gasteiger partial charge on any atom is -0.508 e. The number of carbonyl (C=O) groups excluding carboxylic acids is 3. The van der Waals surface area contributed by atoms with Crippen LogP contribution in [0, 0.1) is 5.92 Å². The molecule has 3 aromatic carbocycles. The molecule has 40 heavy (non-hydrogen) atoms. The molecule has 206 valence electrons. The average Bonchev–Trinajstić information content (AvgIpc) is 3.30. The highest BCUT2D eigenvalue weighted by atomic mass is 35.5. The number of amides is 3. The standard InChI is InChI=1S/C30H29N5O4.ClH/c1-20(2)35(22-12-14-23(36)15-13-22)28(37)19-33-16-17-34(21-8-4-3-5-9-21)30(39)25(29(33)38)18-27-24-10-6-7-11-26(24)31-32-27;/h3-17,20,25,36H,18-19H2,1-2H3,(H,31,32);1H. The summed E-state index contributed by atoms with van der Waals surface area (Å²) in [5.41, 5.74) is 2.63. The Morgan fingerprint density at radius 3 is 2.33 bits per heavy atom. The number of phenols is 1. The van der Waals surface area contributed by atoms with E-state index >= 15 is 0 Å². The smallest absolute Gasteiger partial charge is 0.247 e. The molecule has 3 amide bonds. The van der Waals surface area contributed by atoms with Gasteiger partial charge in [-0.2, -0.15) is 5.10 Å². The zero-order valence-electron chi connectivity index (χ0n) is 22.1. The van der Waals surface area contributed by atoms with Crippen molar-refractivity contribution in [3.05, 3.63) is 97.0 Å². The molecule has 0 fully saturated rings. The predicted molar refractivity (Wildman–Crippen MR) is 156 cm³/mol. The van der Waals surface area contributed by atoms with Crippen molar-refractivity contribution in [3.63, 3.8) is 0 Å². The fourth-order valence-corrected chi connectivity index (χ4v) is 4.81. The minimum atomic E-state index is -1.09. The van der Waals surface area contributed by atoms with Gasteiger partial charge in [0.15, 0.2) is 0 Å². The zero-order chi connectivity index (χ0) is 27.5. The first-order valence-electron chi connectivity index (χ1n) is 12.7. The van der Waals surface area contributed by atoms with Gasteiger partial charge in [-0.25, -0.2) is 0 Å². The van der Waals surface area contributed by atoms with Crippen molar-refractivity contribution < 1.29 is 19.5 Å². The summed E-state index contributed by atoms with van der Waals surface area (Å²) < 4.78 is 0. The lowest BCUT2D eigenvalue weighted by Crippen LogP contribution is -2.46. The van der Waals surface area contributed by atoms with E-state index in [9.17, 15) is 19.5 Å². The first kappa shape index (κ1) is 28.4. The highest BCUT2D eigenvalue weighted by Crippen LogP contribution is 2.27. The zero-order valence-corrected chi connectivity index (χ0v) is 22.9. The second-order valence-corrected chi connectivity index (χ2v) is 9.66. The molecule has 0 saturated carbocycles. The van der Waals surface area contributed by atoms with Gasteiger partial charge in [0, 0.05) is 47.3 Å². The highest BCUT2D eigenvalue weighted by molar-refractivity contribution is 6.11. The van der Waals surface area contributed by atoms with Gasteiger partial charge < -0.3 is 14.9 Å². The normalized spacial score (nSPS) is 15.3. The lowest BCUT2D eigenvalue weighted by molar-refractivity contribution is -0.140. The van der Waals surface area contributed by atoms with Gasteiger partial charge in [-0.1, -0.05) is 36.4 Å². The number of halogens is 1. The van der Waals surface area contributed by atoms with Crippen LogP contribution in [0.25, 0.3) is 10.9 Å². The van der Waals surface area contributed by atoms with Crippen LogP contribution in [0.3, 0.4) is 0 Å². The Morgan fingerprint density at radius 2 is 1.62 bits per heavy atom. The van der Waals surface area contributed by atoms with Gasteiger partial charge in [0.1, 0.15) is 18.2 Å². The van der Waals surface area contributed by atoms with Gasteiger partial charge in [0.2, 0.25) is 17.7 Å². The Morgan fingerprint density at radius 1 is 0.950 bits per heavy atom. The van der Waals surface area contributed by atoms with Gasteiger partial charge in [0.25, 0.3) is 0 Å². The van der Waals surface area contributed by atoms with Gasteiger partial charge >= 0.3 is 0 Å². The topological polar surface area (TPSA) is 110 Å². The molecule has 10 heteroatoms. The van der Waals surface area contributed by atoms with Gasteiger partial charge in [-0.15, -0.1) is 12.4 Å². The number of para-hydroxylation sites is 2. The molecular formula is C30H30ClN5O4. The number of nitrogens with one attached hydrogen (secondary N) is 1. The van der Waals surface area contributed by atoms with Crippen molar-refractivity contribution in [2.75, 3.05) is 16.3 Å². The second kappa shape index (κ2) is 12.0. The summed E-state index contributed by atoms with van der Waals surface area (Å²) in [6, 6.07) is 22.7. The summed E-state index contributed by atoms with van der Waals surface area (Å²) in [7, 11) is 0. The number of aromatic nitrogens is 2. The van der Waals surface area contributed by atoms with E-state index in [2.05, 4.69) is 10.2 Å². The summed E-state index contributed by atoms with van der Waals surface area (Å²) in [5, 5.41) is 17.8. The molecule has 5 rings (SSSR count). The number of carbonyl (C=O) groups is 3. The average molecular weight is 560 g/mol. The highest BCUT2D eigenvalue weighted by Gasteiger charge is 2.38. The Hall–Kier alpha value is -4.63. The number of rotatable bonds is 7. The Kier molecular flexibility index (Phi) is 8.55. The molecule has 0 radical (unpaired) electrons. The number of aromatic amines is 1. The maximum absolute atomic E-state index is 13.9. The molecule has 9 nitrogen and oxygen atoms in total. The predicted octanol–water partition coefficient (Wildman–Crippen LogP) is 4.64. The third-order valence-electron chi connectivity index (χ3n) is 6.71. The molecule has 4 aromatic rings. The Labute approximate surface area is 238 Å². The molecule has 2 heterocycles. The lowest BCUT2D eigenvalue weighted by atomic mass is 9.98. The van der Waals surface area contributed by atoms with Crippen LogP contribution in [0.5, 0.6) is 5.75 Å². The second-order valence-electron chi connectivity index (χ2n) is 9.66. The number of benzene rings is 3. The Balaban J connectivity index is 0.00000370. The molecule has 0 saturated heterocycles. The molecule has 1 atom stereocenters. The molecule has 0 aliphatic carbocycles. The Bertz CT molecular complexity index is 1530. The van der Waals surface area contributed by atoms with E-state index in [1.807, 2.05) is 56.3 Å². The first-order valence-corrected chi connectivity index (χ1v) is 12.7. The van der Waals surface area contributed by atoms with Crippen LogP contribution in [0.1, 0.15) is 19.5 Å². The van der Waals surface area contributed by atoms with Crippen molar-refractivity contribution in [1.82, 2.24) is 15.1 Å². The SMILES string of the molecule is CC(C)N(C(=O)CN1C=CN(c2ccccc2)C(=O)C(Cc2[nH]nc3ccccc23)C1=O)c1ccc(O)cc1.Cl. The van der Waals surface area contributed by atoms with E-state index in [0.29, 0.717) is 17.1 Å². The molecule has 0 spiro atoms. The summed E-state index contributed by atoms with van der Waals surface area (Å²) in [5.74, 6) is -2.18. The number of phenolic OH excluding ortho intramolecular Hbond substituents is 1. The number of fused-ring (bicyclic) bond motifs is 1. The van der Waals surface area contributed by atoms with E-state index in [4.69, 9.17) is 0 Å². The summed E-state index contributed by atoms with van der Waals surface area (Å²) in [6.45, 7) is 3.49. The molecule has 1 aliphatic rings. The maximum atomic E-state index is 13.9. The third kappa shape index (κ3) is 5.69. The van der Waals surface area contributed by atoms with E-state index in [0.717, 1.165) is 10.9 Å². The quantitative estimate of drug-likeness (QED) is 0.321. The van der Waals surface area contributed by atoms with E-state index < -0.39 is 17.7 Å². The molecule has 1 unspecified atom stereocenters. The number of hydrogen-bond donors (Lipinski definition) is 2. The van der Waals surface area contributed by atoms with Crippen LogP contribution in [-0.2, 0) is 20.8 Å². The van der Waals surface area contributed by atoms with Crippen LogP contribution in [0.2, 0.25) is 0 Å². The molecule has 0 bridgehead atoms. The van der Waals surface area contributed by atoms with Gasteiger partial charge in [-0.3, -0.25) is 24.4 Å². The van der Waals surface area contributed by atoms with E-state index in [1.165, 1.54) is 34.3 Å². The largest absolute Gasteiger partial charge is 0.508 e. The van der Waals surface area contributed by atoms with Crippen molar-refractivity contribution in [1.29, 1.82) is 0 Å². The third-order valence-corrected chi connectivity index (χ3v) is 6.71. The summed E-state index contributed by atoms with van der Waals surface area (Å²) in [6.07, 6.45) is 3.12. The monoisotopic (exact) mass is 559 g/mol. The van der Waals surface area contributed by atoms with Crippen LogP contribution in [-0.4, -0.2) is 50.5 Å². The molecular weight excluding hydrogens is 530 g/mol. The van der Waals surface area contributed by atoms with Crippen molar-refractivity contribution in [3.8, 4) is 5.75 Å². The fourth-order valence-electron chi connectivity index (χ4n) is 4.81. The molecule has 1 aromatic heterocycles. The van der Waals surface area contributed by atoms with Crippen LogP contribution < -0.4 is 9.80 Å². The van der Waals surface area contributed by atoms with Crippen LogP contribution in [0.15, 0.2) is 91.3 Å². The number of aromatic hydroxyl groups is 1. The summed E-state index contributed by atoms with van der Waals surface area (Å²) >= 11 is 0. The first-order chi connectivity index (χ1) is 18.8. The number of H-pyrrole nitrogens is 1. The minimum absolute atomic E-state index is 0. The van der Waals surface area contributed by atoms with Gasteiger partial charge in [-0.05, 0) is 56.3 Å². The van der Waals surface area contributed by atoms with Crippen molar-refractivity contribution in [2.24, 2.45) is 5.92 Å². The lowest BCUT2D eigenvalue weighted by Gasteiger charge is -2.29. The molecule has 2 N–H and O–H groups in total. The number of anilines is 2. The van der Waals surface area contributed by atoms with Gasteiger partial charge in [0.05, 0.1) is 5.52 Å². The van der Waals surface area contributed by atoms with Crippen molar-refractivity contribution in [2.45, 2.75) is 26.3 Å². The van der Waals surface area contributed by atoms with E-state index in [1.54, 1.807) is 29.2 Å². The number of nitrogens with zero attached hydrogens (tertiary/aromatic N) is 4. The fraction of sp³-hybridized carbons (Fsp3) is 0.200. The summed E-state index contributed by atoms with van der Waals surface area (Å²) in [4.78, 5) is 45.6. The maximum Gasteiger partial charge on any atom is 0.247 e. The van der Waals surface area contributed by atoms with Crippen molar-refractivity contribution >= 4 is 52.4 Å².